The first-order valence-electron chi connectivity index (χ1n) is 11.2. The van der Waals surface area contributed by atoms with Crippen LogP contribution >= 0.6 is 0 Å². The third-order valence-electron chi connectivity index (χ3n) is 5.72. The largest absolute Gasteiger partial charge is 0.458 e. The molecule has 0 fully saturated rings. The van der Waals surface area contributed by atoms with Gasteiger partial charge in [0.25, 0.3) is 0 Å². The van der Waals surface area contributed by atoms with E-state index in [-0.39, 0.29) is 26.4 Å². The molecule has 0 unspecified atom stereocenters. The van der Waals surface area contributed by atoms with Gasteiger partial charge in [-0.1, -0.05) is 24.3 Å². The minimum Gasteiger partial charge on any atom is -0.458 e. The normalized spacial score (nSPS) is 15.3. The van der Waals surface area contributed by atoms with Crippen molar-refractivity contribution in [1.82, 2.24) is 0 Å². The van der Waals surface area contributed by atoms with Crippen LogP contribution in [0.2, 0.25) is 0 Å². The Morgan fingerprint density at radius 1 is 0.361 bits per heavy atom. The number of esters is 4. The van der Waals surface area contributed by atoms with Crippen LogP contribution in [0.25, 0.3) is 21.5 Å². The lowest BCUT2D eigenvalue weighted by Crippen LogP contribution is -2.15. The molecule has 8 aliphatic heterocycles. The van der Waals surface area contributed by atoms with Gasteiger partial charge in [0, 0.05) is 0 Å². The van der Waals surface area contributed by atoms with Crippen molar-refractivity contribution in [2.24, 2.45) is 0 Å². The van der Waals surface area contributed by atoms with Crippen molar-refractivity contribution in [3.63, 3.8) is 0 Å². The fraction of sp³-hybridized carbons (Fsp3) is 0.143. The van der Waals surface area contributed by atoms with E-state index in [1.807, 2.05) is 0 Å². The molecule has 8 heteroatoms. The molecule has 8 heterocycles. The van der Waals surface area contributed by atoms with Gasteiger partial charge in [0.1, 0.15) is 26.4 Å². The molecule has 0 spiro atoms. The number of hydrogen-bond acceptors (Lipinski definition) is 8. The standard InChI is InChI=1S/C28H20O8/c29-25-21-5-1-17-13-22(6-2-18(17)14-21)26(30)34-11-12-36-28(32)24-8-4-19-15-23(7-3-20(19)16-24)27(31)35-10-9-33-25/h1-8,13-16H,9-12H2. The summed E-state index contributed by atoms with van der Waals surface area (Å²) < 4.78 is 20.9. The van der Waals surface area contributed by atoms with Gasteiger partial charge in [0.2, 0.25) is 0 Å². The molecule has 4 aromatic carbocycles. The van der Waals surface area contributed by atoms with E-state index in [0.717, 1.165) is 21.5 Å². The molecule has 0 N–H and O–H groups in total. The van der Waals surface area contributed by atoms with Gasteiger partial charge in [0.05, 0.1) is 22.3 Å². The Bertz CT molecular complexity index is 1290. The lowest BCUT2D eigenvalue weighted by molar-refractivity contribution is 0.0265. The highest BCUT2D eigenvalue weighted by molar-refractivity contribution is 6.00. The highest BCUT2D eigenvalue weighted by atomic mass is 16.6. The van der Waals surface area contributed by atoms with Crippen LogP contribution < -0.4 is 0 Å². The van der Waals surface area contributed by atoms with Crippen LogP contribution in [-0.4, -0.2) is 50.3 Å². The molecule has 0 radical (unpaired) electrons. The van der Waals surface area contributed by atoms with Crippen molar-refractivity contribution < 1.29 is 38.1 Å². The molecule has 4 aromatic rings. The maximum Gasteiger partial charge on any atom is 0.338 e. The van der Waals surface area contributed by atoms with E-state index in [9.17, 15) is 19.2 Å². The van der Waals surface area contributed by atoms with Crippen LogP contribution in [0.1, 0.15) is 41.4 Å². The maximum atomic E-state index is 12.4. The van der Waals surface area contributed by atoms with Gasteiger partial charge in [-0.2, -0.15) is 0 Å². The molecule has 36 heavy (non-hydrogen) atoms. The molecule has 0 atom stereocenters. The maximum absolute atomic E-state index is 12.4. The SMILES string of the molecule is O=C1OCCOC(=O)c2ccc3cc(ccc3c2)C(=O)OCCOC(=O)c2ccc3cc1ccc3c2. The van der Waals surface area contributed by atoms with Gasteiger partial charge in [-0.15, -0.1) is 0 Å². The first-order valence-corrected chi connectivity index (χ1v) is 11.2. The van der Waals surface area contributed by atoms with Crippen LogP contribution in [-0.2, 0) is 18.9 Å². The number of benzene rings is 4. The first kappa shape index (κ1) is 23.0. The van der Waals surface area contributed by atoms with Gasteiger partial charge in [-0.05, 0) is 70.1 Å². The smallest absolute Gasteiger partial charge is 0.338 e. The zero-order chi connectivity index (χ0) is 25.1. The molecule has 8 aliphatic rings. The van der Waals surface area contributed by atoms with Crippen molar-refractivity contribution in [3.8, 4) is 0 Å². The fourth-order valence-corrected chi connectivity index (χ4v) is 3.87. The Morgan fingerprint density at radius 3 is 0.806 bits per heavy atom. The molecule has 0 saturated carbocycles. The van der Waals surface area contributed by atoms with E-state index < -0.39 is 23.9 Å². The number of ether oxygens (including phenoxy) is 4. The Balaban J connectivity index is 1.40. The summed E-state index contributed by atoms with van der Waals surface area (Å²) in [5.41, 5.74) is 1.31. The summed E-state index contributed by atoms with van der Waals surface area (Å²) in [6.07, 6.45) is 0. The Labute approximate surface area is 205 Å². The summed E-state index contributed by atoms with van der Waals surface area (Å²) in [4.78, 5) is 49.7. The van der Waals surface area contributed by atoms with E-state index >= 15 is 0 Å². The fourth-order valence-electron chi connectivity index (χ4n) is 3.87. The predicted octanol–water partition coefficient (Wildman–Crippen LogP) is 4.33. The van der Waals surface area contributed by atoms with E-state index in [0.29, 0.717) is 22.3 Å². The quantitative estimate of drug-likeness (QED) is 0.268. The van der Waals surface area contributed by atoms with E-state index in [1.54, 1.807) is 72.8 Å². The third kappa shape index (κ3) is 4.88. The Kier molecular flexibility index (Phi) is 6.32. The van der Waals surface area contributed by atoms with Crippen LogP contribution in [0.15, 0.2) is 72.8 Å². The zero-order valence-electron chi connectivity index (χ0n) is 19.0. The molecule has 0 aromatic heterocycles. The molecule has 12 rings (SSSR count). The van der Waals surface area contributed by atoms with Gasteiger partial charge in [-0.25, -0.2) is 19.2 Å². The summed E-state index contributed by atoms with van der Waals surface area (Å²) in [7, 11) is 0. The Morgan fingerprint density at radius 2 is 0.583 bits per heavy atom. The highest BCUT2D eigenvalue weighted by Crippen LogP contribution is 2.21. The zero-order valence-corrected chi connectivity index (χ0v) is 19.0. The van der Waals surface area contributed by atoms with Crippen molar-refractivity contribution in [2.75, 3.05) is 26.4 Å². The summed E-state index contributed by atoms with van der Waals surface area (Å²) in [6, 6.07) is 19.7. The minimum atomic E-state index is -0.554. The Hall–Kier alpha value is -4.72. The first-order chi connectivity index (χ1) is 17.5. The second-order valence-corrected chi connectivity index (χ2v) is 8.10. The van der Waals surface area contributed by atoms with Crippen LogP contribution in [0.5, 0.6) is 0 Å². The summed E-state index contributed by atoms with van der Waals surface area (Å²) in [6.45, 7) is -0.419. The molecule has 0 aliphatic carbocycles. The third-order valence-corrected chi connectivity index (χ3v) is 5.72. The number of carbonyl (C=O) groups is 4. The molecule has 8 bridgehead atoms. The van der Waals surface area contributed by atoms with Crippen molar-refractivity contribution in [1.29, 1.82) is 0 Å². The summed E-state index contributed by atoms with van der Waals surface area (Å²) >= 11 is 0. The van der Waals surface area contributed by atoms with Gasteiger partial charge >= 0.3 is 23.9 Å². The molecular weight excluding hydrogens is 464 g/mol. The minimum absolute atomic E-state index is 0.105. The summed E-state index contributed by atoms with van der Waals surface area (Å²) in [5, 5.41) is 2.93. The van der Waals surface area contributed by atoms with E-state index in [4.69, 9.17) is 18.9 Å². The number of carbonyl (C=O) groups excluding carboxylic acids is 4. The molecule has 180 valence electrons. The molecule has 8 nitrogen and oxygen atoms in total. The topological polar surface area (TPSA) is 105 Å². The lowest BCUT2D eigenvalue weighted by atomic mass is 10.0. The average Bonchev–Trinajstić information content (AvgIpc) is 2.91. The van der Waals surface area contributed by atoms with Gasteiger partial charge in [0.15, 0.2) is 0 Å². The van der Waals surface area contributed by atoms with Gasteiger partial charge < -0.3 is 18.9 Å². The number of hydrogen-bond donors (Lipinski definition) is 0. The average molecular weight is 484 g/mol. The van der Waals surface area contributed by atoms with Crippen LogP contribution in [0, 0.1) is 0 Å². The summed E-state index contributed by atoms with van der Waals surface area (Å²) in [5.74, 6) is -2.22. The van der Waals surface area contributed by atoms with E-state index in [2.05, 4.69) is 0 Å². The van der Waals surface area contributed by atoms with Crippen molar-refractivity contribution >= 4 is 45.4 Å². The van der Waals surface area contributed by atoms with E-state index in [1.165, 1.54) is 0 Å². The lowest BCUT2D eigenvalue weighted by Gasteiger charge is -2.10. The van der Waals surface area contributed by atoms with Gasteiger partial charge in [-0.3, -0.25) is 0 Å². The second kappa shape index (κ2) is 9.87. The molecule has 0 saturated heterocycles. The van der Waals surface area contributed by atoms with Crippen LogP contribution in [0.4, 0.5) is 0 Å². The molecule has 0 amide bonds. The monoisotopic (exact) mass is 484 g/mol. The highest BCUT2D eigenvalue weighted by Gasteiger charge is 2.14. The molecular formula is C28H20O8. The van der Waals surface area contributed by atoms with Crippen molar-refractivity contribution in [3.05, 3.63) is 95.1 Å². The van der Waals surface area contributed by atoms with Crippen LogP contribution in [0.3, 0.4) is 0 Å². The predicted molar refractivity (Wildman–Crippen MR) is 129 cm³/mol. The second-order valence-electron chi connectivity index (χ2n) is 8.10. The number of rotatable bonds is 0. The van der Waals surface area contributed by atoms with Crippen molar-refractivity contribution in [2.45, 2.75) is 0 Å².